The fraction of sp³-hybridized carbons (Fsp3) is 0.667. The number of aromatic nitrogens is 2. The first kappa shape index (κ1) is 10.6. The molecular weight excluding hydrogens is 186 g/mol. The van der Waals surface area contributed by atoms with Gasteiger partial charge in [0.25, 0.3) is 0 Å². The van der Waals surface area contributed by atoms with Crippen molar-refractivity contribution >= 4 is 0 Å². The minimum atomic E-state index is -0.188. The lowest BCUT2D eigenvalue weighted by Gasteiger charge is -2.27. The Balaban J connectivity index is 2.19. The lowest BCUT2D eigenvalue weighted by atomic mass is 9.85. The quantitative estimate of drug-likeness (QED) is 0.715. The highest BCUT2D eigenvalue weighted by atomic mass is 14.8. The number of hydrogen-bond acceptors (Lipinski definition) is 3. The maximum absolute atomic E-state index is 6.46. The van der Waals surface area contributed by atoms with Gasteiger partial charge in [-0.1, -0.05) is 19.8 Å². The van der Waals surface area contributed by atoms with Gasteiger partial charge in [0.05, 0.1) is 0 Å². The molecule has 82 valence electrons. The summed E-state index contributed by atoms with van der Waals surface area (Å²) in [6.07, 6.45) is 11.1. The maximum Gasteiger partial charge on any atom is 0.115 e. The Morgan fingerprint density at radius 1 is 1.27 bits per heavy atom. The SMILES string of the molecule is CC1CCCC(N)(c2cncnc2)CC1. The molecule has 0 saturated heterocycles. The van der Waals surface area contributed by atoms with Crippen LogP contribution in [0.4, 0.5) is 0 Å². The van der Waals surface area contributed by atoms with Crippen LogP contribution in [0.3, 0.4) is 0 Å². The molecule has 3 nitrogen and oxygen atoms in total. The zero-order valence-electron chi connectivity index (χ0n) is 9.32. The third-order valence-corrected chi connectivity index (χ3v) is 3.54. The van der Waals surface area contributed by atoms with E-state index in [4.69, 9.17) is 5.73 Å². The first-order valence-electron chi connectivity index (χ1n) is 5.75. The van der Waals surface area contributed by atoms with Crippen molar-refractivity contribution < 1.29 is 0 Å². The third-order valence-electron chi connectivity index (χ3n) is 3.54. The van der Waals surface area contributed by atoms with Crippen LogP contribution < -0.4 is 5.73 Å². The van der Waals surface area contributed by atoms with Gasteiger partial charge in [-0.15, -0.1) is 0 Å². The molecule has 1 aliphatic rings. The summed E-state index contributed by atoms with van der Waals surface area (Å²) >= 11 is 0. The molecule has 2 rings (SSSR count). The summed E-state index contributed by atoms with van der Waals surface area (Å²) in [5.74, 6) is 0.806. The smallest absolute Gasteiger partial charge is 0.115 e. The summed E-state index contributed by atoms with van der Waals surface area (Å²) in [5.41, 5.74) is 7.37. The van der Waals surface area contributed by atoms with Crippen LogP contribution in [0.2, 0.25) is 0 Å². The fourth-order valence-corrected chi connectivity index (χ4v) is 2.38. The van der Waals surface area contributed by atoms with E-state index in [9.17, 15) is 0 Å². The molecule has 1 fully saturated rings. The molecule has 1 aliphatic carbocycles. The van der Waals surface area contributed by atoms with Crippen LogP contribution in [-0.2, 0) is 5.54 Å². The standard InChI is InChI=1S/C12H19N3/c1-10-3-2-5-12(13,6-4-10)11-7-14-9-15-8-11/h7-10H,2-6,13H2,1H3. The molecule has 1 aromatic rings. The maximum atomic E-state index is 6.46. The van der Waals surface area contributed by atoms with E-state index >= 15 is 0 Å². The Bertz CT molecular complexity index is 312. The van der Waals surface area contributed by atoms with Crippen molar-refractivity contribution in [2.24, 2.45) is 11.7 Å². The molecule has 3 heteroatoms. The van der Waals surface area contributed by atoms with E-state index in [2.05, 4.69) is 16.9 Å². The van der Waals surface area contributed by atoms with Crippen molar-refractivity contribution in [1.29, 1.82) is 0 Å². The largest absolute Gasteiger partial charge is 0.321 e. The molecule has 2 atom stereocenters. The van der Waals surface area contributed by atoms with E-state index in [-0.39, 0.29) is 5.54 Å². The van der Waals surface area contributed by atoms with E-state index in [1.54, 1.807) is 6.33 Å². The molecule has 0 aromatic carbocycles. The van der Waals surface area contributed by atoms with Crippen LogP contribution in [-0.4, -0.2) is 9.97 Å². The molecule has 15 heavy (non-hydrogen) atoms. The van der Waals surface area contributed by atoms with Crippen molar-refractivity contribution in [3.05, 3.63) is 24.3 Å². The summed E-state index contributed by atoms with van der Waals surface area (Å²) in [5, 5.41) is 0. The minimum absolute atomic E-state index is 0.188. The van der Waals surface area contributed by atoms with Gasteiger partial charge in [-0.3, -0.25) is 0 Å². The van der Waals surface area contributed by atoms with Crippen molar-refractivity contribution in [1.82, 2.24) is 9.97 Å². The van der Waals surface area contributed by atoms with Crippen molar-refractivity contribution in [2.45, 2.75) is 44.6 Å². The second kappa shape index (κ2) is 4.27. The van der Waals surface area contributed by atoms with Gasteiger partial charge in [0, 0.05) is 23.5 Å². The summed E-state index contributed by atoms with van der Waals surface area (Å²) in [7, 11) is 0. The normalized spacial score (nSPS) is 32.3. The molecule has 0 amide bonds. The van der Waals surface area contributed by atoms with Gasteiger partial charge in [-0.05, 0) is 25.2 Å². The molecule has 0 aliphatic heterocycles. The molecule has 0 bridgehead atoms. The van der Waals surface area contributed by atoms with Gasteiger partial charge >= 0.3 is 0 Å². The Kier molecular flexibility index (Phi) is 3.00. The van der Waals surface area contributed by atoms with E-state index < -0.39 is 0 Å². The summed E-state index contributed by atoms with van der Waals surface area (Å²) in [6, 6.07) is 0. The second-order valence-electron chi connectivity index (χ2n) is 4.82. The lowest BCUT2D eigenvalue weighted by molar-refractivity contribution is 0.376. The molecule has 1 heterocycles. The second-order valence-corrected chi connectivity index (χ2v) is 4.82. The Morgan fingerprint density at radius 3 is 2.73 bits per heavy atom. The topological polar surface area (TPSA) is 51.8 Å². The summed E-state index contributed by atoms with van der Waals surface area (Å²) < 4.78 is 0. The Labute approximate surface area is 91.1 Å². The third kappa shape index (κ3) is 2.34. The zero-order valence-corrected chi connectivity index (χ0v) is 9.32. The van der Waals surface area contributed by atoms with Crippen LogP contribution in [0.1, 0.15) is 44.6 Å². The van der Waals surface area contributed by atoms with Crippen molar-refractivity contribution in [3.63, 3.8) is 0 Å². The van der Waals surface area contributed by atoms with E-state index in [0.29, 0.717) is 0 Å². The van der Waals surface area contributed by atoms with Crippen LogP contribution in [0.15, 0.2) is 18.7 Å². The first-order valence-corrected chi connectivity index (χ1v) is 5.75. The minimum Gasteiger partial charge on any atom is -0.321 e. The molecule has 2 N–H and O–H groups in total. The predicted molar refractivity (Wildman–Crippen MR) is 60.1 cm³/mol. The van der Waals surface area contributed by atoms with E-state index in [0.717, 1.165) is 24.3 Å². The highest BCUT2D eigenvalue weighted by Crippen LogP contribution is 2.34. The van der Waals surface area contributed by atoms with E-state index in [1.165, 1.54) is 19.3 Å². The molecule has 0 radical (unpaired) electrons. The number of nitrogens with two attached hydrogens (primary N) is 1. The highest BCUT2D eigenvalue weighted by molar-refractivity contribution is 5.16. The Hall–Kier alpha value is -0.960. The van der Waals surface area contributed by atoms with Gasteiger partial charge in [0.1, 0.15) is 6.33 Å². The fourth-order valence-electron chi connectivity index (χ4n) is 2.38. The molecule has 2 unspecified atom stereocenters. The van der Waals surface area contributed by atoms with Crippen LogP contribution in [0.25, 0.3) is 0 Å². The number of nitrogens with zero attached hydrogens (tertiary/aromatic N) is 2. The van der Waals surface area contributed by atoms with Gasteiger partial charge in [-0.25, -0.2) is 9.97 Å². The van der Waals surface area contributed by atoms with Crippen molar-refractivity contribution in [3.8, 4) is 0 Å². The first-order chi connectivity index (χ1) is 7.21. The summed E-state index contributed by atoms with van der Waals surface area (Å²) in [4.78, 5) is 8.13. The van der Waals surface area contributed by atoms with Gasteiger partial charge in [0.2, 0.25) is 0 Å². The average molecular weight is 205 g/mol. The van der Waals surface area contributed by atoms with E-state index in [1.807, 2.05) is 12.4 Å². The molecule has 0 spiro atoms. The van der Waals surface area contributed by atoms with Crippen LogP contribution in [0, 0.1) is 5.92 Å². The van der Waals surface area contributed by atoms with Crippen LogP contribution in [0.5, 0.6) is 0 Å². The molecule has 1 saturated carbocycles. The van der Waals surface area contributed by atoms with Crippen molar-refractivity contribution in [2.75, 3.05) is 0 Å². The highest BCUT2D eigenvalue weighted by Gasteiger charge is 2.30. The number of hydrogen-bond donors (Lipinski definition) is 1. The summed E-state index contributed by atoms with van der Waals surface area (Å²) in [6.45, 7) is 2.31. The van der Waals surface area contributed by atoms with Gasteiger partial charge in [0.15, 0.2) is 0 Å². The number of rotatable bonds is 1. The van der Waals surface area contributed by atoms with Crippen LogP contribution >= 0.6 is 0 Å². The Morgan fingerprint density at radius 2 is 2.00 bits per heavy atom. The zero-order chi connectivity index (χ0) is 10.7. The molecular formula is C12H19N3. The molecule has 1 aromatic heterocycles. The average Bonchev–Trinajstić information content (AvgIpc) is 2.44. The lowest BCUT2D eigenvalue weighted by Crippen LogP contribution is -2.36. The van der Waals surface area contributed by atoms with Gasteiger partial charge in [-0.2, -0.15) is 0 Å². The monoisotopic (exact) mass is 205 g/mol. The predicted octanol–water partition coefficient (Wildman–Crippen LogP) is 2.23. The van der Waals surface area contributed by atoms with Gasteiger partial charge < -0.3 is 5.73 Å².